The van der Waals surface area contributed by atoms with Gasteiger partial charge in [0, 0.05) is 14.7 Å². The molecule has 3 N–H and O–H groups in total. The number of carbonyl (C=O) groups is 1. The molecule has 0 fully saturated rings. The molecule has 2 aromatic heterocycles. The molecule has 0 unspecified atom stereocenters. The molecule has 19 heavy (non-hydrogen) atoms. The van der Waals surface area contributed by atoms with Gasteiger partial charge in [0.25, 0.3) is 0 Å². The van der Waals surface area contributed by atoms with Crippen LogP contribution in [0.5, 0.6) is 0 Å². The molecule has 0 radical (unpaired) electrons. The van der Waals surface area contributed by atoms with Crippen molar-refractivity contribution in [1.82, 2.24) is 4.98 Å². The van der Waals surface area contributed by atoms with E-state index < -0.39 is 5.97 Å². The number of carbonyl (C=O) groups excluding carboxylic acids is 1. The maximum Gasteiger partial charge on any atom is 0.340 e. The second-order valence-electron chi connectivity index (χ2n) is 3.73. The number of nitrogens with one attached hydrogen (secondary N) is 1. The van der Waals surface area contributed by atoms with Gasteiger partial charge in [-0.05, 0) is 28.1 Å². The molecule has 0 bridgehead atoms. The van der Waals surface area contributed by atoms with Crippen LogP contribution in [0.25, 0.3) is 0 Å². The molecule has 0 saturated heterocycles. The first-order valence-electron chi connectivity index (χ1n) is 5.40. The topological polar surface area (TPSA) is 77.2 Å². The van der Waals surface area contributed by atoms with Crippen LogP contribution in [0.4, 0.5) is 11.5 Å². The Kier molecular flexibility index (Phi) is 4.39. The van der Waals surface area contributed by atoms with Crippen molar-refractivity contribution in [2.24, 2.45) is 0 Å². The van der Waals surface area contributed by atoms with Gasteiger partial charge in [-0.1, -0.05) is 0 Å². The summed E-state index contributed by atoms with van der Waals surface area (Å²) in [7, 11) is 1.32. The van der Waals surface area contributed by atoms with Gasteiger partial charge in [-0.2, -0.15) is 0 Å². The second kappa shape index (κ2) is 6.03. The predicted molar refractivity (Wildman–Crippen MR) is 79.3 cm³/mol. The zero-order valence-corrected chi connectivity index (χ0v) is 12.5. The van der Waals surface area contributed by atoms with Crippen molar-refractivity contribution in [2.45, 2.75) is 6.54 Å². The summed E-state index contributed by atoms with van der Waals surface area (Å²) in [6.07, 6.45) is 1.44. The lowest BCUT2D eigenvalue weighted by atomic mass is 10.2. The molecule has 7 heteroatoms. The number of ether oxygens (including phenoxy) is 1. The summed E-state index contributed by atoms with van der Waals surface area (Å²) in [5, 5.41) is 5.14. The molecule has 0 aromatic carbocycles. The summed E-state index contributed by atoms with van der Waals surface area (Å²) in [6.45, 7) is 0.633. The molecule has 100 valence electrons. The highest BCUT2D eigenvalue weighted by atomic mass is 79.9. The van der Waals surface area contributed by atoms with Gasteiger partial charge in [-0.3, -0.25) is 0 Å². The number of pyridine rings is 1. The lowest BCUT2D eigenvalue weighted by Gasteiger charge is -2.07. The number of rotatable bonds is 4. The number of anilines is 2. The summed E-state index contributed by atoms with van der Waals surface area (Å²) >= 11 is 5.03. The Morgan fingerprint density at radius 2 is 2.37 bits per heavy atom. The number of halogens is 1. The average molecular weight is 342 g/mol. The van der Waals surface area contributed by atoms with Gasteiger partial charge in [0.15, 0.2) is 0 Å². The first-order valence-corrected chi connectivity index (χ1v) is 7.08. The number of methoxy groups -OCH3 is 1. The zero-order chi connectivity index (χ0) is 13.8. The van der Waals surface area contributed by atoms with Crippen molar-refractivity contribution in [3.05, 3.63) is 38.6 Å². The Bertz CT molecular complexity index is 600. The minimum atomic E-state index is -0.471. The molecule has 2 heterocycles. The number of thiophene rings is 1. The maximum absolute atomic E-state index is 11.5. The molecule has 5 nitrogen and oxygen atoms in total. The molecule has 0 atom stereocenters. The zero-order valence-electron chi connectivity index (χ0n) is 10.1. The minimum Gasteiger partial charge on any atom is -0.465 e. The summed E-state index contributed by atoms with van der Waals surface area (Å²) in [5.41, 5.74) is 6.30. The van der Waals surface area contributed by atoms with E-state index in [4.69, 9.17) is 5.73 Å². The predicted octanol–water partition coefficient (Wildman–Crippen LogP) is 2.89. The van der Waals surface area contributed by atoms with Crippen LogP contribution in [0.2, 0.25) is 0 Å². The molecule has 0 saturated carbocycles. The summed E-state index contributed by atoms with van der Waals surface area (Å²) in [4.78, 5) is 16.8. The van der Waals surface area contributed by atoms with E-state index in [1.165, 1.54) is 13.3 Å². The highest BCUT2D eigenvalue weighted by Gasteiger charge is 2.11. The van der Waals surface area contributed by atoms with Crippen molar-refractivity contribution in [3.63, 3.8) is 0 Å². The SMILES string of the molecule is COC(=O)c1cc(NCc2cc(Br)cs2)ncc1N. The van der Waals surface area contributed by atoms with E-state index in [1.807, 2.05) is 11.4 Å². The molecule has 0 aliphatic rings. The summed E-state index contributed by atoms with van der Waals surface area (Å²) in [5.74, 6) is 0.112. The lowest BCUT2D eigenvalue weighted by Crippen LogP contribution is -2.08. The van der Waals surface area contributed by atoms with Crippen molar-refractivity contribution in [3.8, 4) is 0 Å². The normalized spacial score (nSPS) is 10.2. The fourth-order valence-corrected chi connectivity index (χ4v) is 2.86. The van der Waals surface area contributed by atoms with Crippen LogP contribution < -0.4 is 11.1 Å². The van der Waals surface area contributed by atoms with E-state index in [2.05, 4.69) is 31.0 Å². The standard InChI is InChI=1S/C12H12BrN3O2S/c1-18-12(17)9-3-11(16-5-10(9)14)15-4-8-2-7(13)6-19-8/h2-3,5-6H,4,14H2,1H3,(H,15,16). The Morgan fingerprint density at radius 3 is 3.00 bits per heavy atom. The lowest BCUT2D eigenvalue weighted by molar-refractivity contribution is 0.0602. The van der Waals surface area contributed by atoms with E-state index in [-0.39, 0.29) is 0 Å². The monoisotopic (exact) mass is 341 g/mol. The van der Waals surface area contributed by atoms with E-state index >= 15 is 0 Å². The van der Waals surface area contributed by atoms with Crippen molar-refractivity contribution in [1.29, 1.82) is 0 Å². The largest absolute Gasteiger partial charge is 0.465 e. The second-order valence-corrected chi connectivity index (χ2v) is 5.64. The minimum absolute atomic E-state index is 0.302. The Morgan fingerprint density at radius 1 is 1.58 bits per heavy atom. The number of nitrogen functional groups attached to an aromatic ring is 1. The van der Waals surface area contributed by atoms with Crippen molar-refractivity contribution in [2.75, 3.05) is 18.2 Å². The number of hydrogen-bond acceptors (Lipinski definition) is 6. The van der Waals surface area contributed by atoms with Crippen LogP contribution in [0.15, 0.2) is 28.2 Å². The van der Waals surface area contributed by atoms with Gasteiger partial charge in [0.2, 0.25) is 0 Å². The first kappa shape index (κ1) is 13.8. The third-order valence-electron chi connectivity index (χ3n) is 2.41. The highest BCUT2D eigenvalue weighted by molar-refractivity contribution is 9.10. The average Bonchev–Trinajstić information content (AvgIpc) is 2.83. The molecule has 0 amide bonds. The molecule has 0 aliphatic heterocycles. The summed E-state index contributed by atoms with van der Waals surface area (Å²) in [6, 6.07) is 3.61. The van der Waals surface area contributed by atoms with Gasteiger partial charge in [-0.25, -0.2) is 9.78 Å². The van der Waals surface area contributed by atoms with Gasteiger partial charge >= 0.3 is 5.97 Å². The van der Waals surface area contributed by atoms with Crippen LogP contribution in [0.1, 0.15) is 15.2 Å². The van der Waals surface area contributed by atoms with Crippen LogP contribution in [-0.2, 0) is 11.3 Å². The quantitative estimate of drug-likeness (QED) is 0.836. The van der Waals surface area contributed by atoms with Crippen LogP contribution in [0.3, 0.4) is 0 Å². The first-order chi connectivity index (χ1) is 9.10. The van der Waals surface area contributed by atoms with Crippen LogP contribution >= 0.6 is 27.3 Å². The fourth-order valence-electron chi connectivity index (χ4n) is 1.47. The Labute approximate surface area is 122 Å². The number of hydrogen-bond donors (Lipinski definition) is 2. The summed E-state index contributed by atoms with van der Waals surface area (Å²) < 4.78 is 5.71. The molecule has 2 aromatic rings. The van der Waals surface area contributed by atoms with Crippen molar-refractivity contribution >= 4 is 44.7 Å². The van der Waals surface area contributed by atoms with E-state index in [9.17, 15) is 4.79 Å². The van der Waals surface area contributed by atoms with Crippen LogP contribution in [0, 0.1) is 0 Å². The Hall–Kier alpha value is -1.60. The van der Waals surface area contributed by atoms with Gasteiger partial charge in [0.1, 0.15) is 5.82 Å². The molecule has 2 rings (SSSR count). The Balaban J connectivity index is 2.10. The van der Waals surface area contributed by atoms with E-state index in [0.717, 1.165) is 9.35 Å². The van der Waals surface area contributed by atoms with Gasteiger partial charge < -0.3 is 15.8 Å². The van der Waals surface area contributed by atoms with Crippen LogP contribution in [-0.4, -0.2) is 18.1 Å². The molecular formula is C12H12BrN3O2S. The number of aromatic nitrogens is 1. The van der Waals surface area contributed by atoms with Gasteiger partial charge in [-0.15, -0.1) is 11.3 Å². The third kappa shape index (κ3) is 3.45. The smallest absolute Gasteiger partial charge is 0.340 e. The van der Waals surface area contributed by atoms with Gasteiger partial charge in [0.05, 0.1) is 31.1 Å². The maximum atomic E-state index is 11.5. The number of nitrogens with zero attached hydrogens (tertiary/aromatic N) is 1. The van der Waals surface area contributed by atoms with Crippen molar-refractivity contribution < 1.29 is 9.53 Å². The van der Waals surface area contributed by atoms with E-state index in [0.29, 0.717) is 23.6 Å². The third-order valence-corrected chi connectivity index (χ3v) is 4.10. The molecule has 0 spiro atoms. The molecular weight excluding hydrogens is 330 g/mol. The fraction of sp³-hybridized carbons (Fsp3) is 0.167. The highest BCUT2D eigenvalue weighted by Crippen LogP contribution is 2.21. The van der Waals surface area contributed by atoms with E-state index in [1.54, 1.807) is 17.4 Å². The number of esters is 1. The molecule has 0 aliphatic carbocycles. The number of nitrogens with two attached hydrogens (primary N) is 1.